The fourth-order valence-corrected chi connectivity index (χ4v) is 3.13. The number of hydrogen-bond acceptors (Lipinski definition) is 4. The second kappa shape index (κ2) is 8.67. The lowest BCUT2D eigenvalue weighted by atomic mass is 9.98. The van der Waals surface area contributed by atoms with Crippen molar-refractivity contribution in [3.63, 3.8) is 0 Å². The van der Waals surface area contributed by atoms with Crippen LogP contribution in [0.15, 0.2) is 47.1 Å². The standard InChI is InChI=1S/C20H24N2O4/c1-21-19(23)16-6-4-15(5-7-16)13-22(14-18-3-2-10-26-18)20(24)17-8-11-25-12-9-17/h2-7,10,17H,8-9,11-14H2,1H3,(H,21,23). The SMILES string of the molecule is CNC(=O)c1ccc(CN(Cc2ccco2)C(=O)C2CCOCC2)cc1. The number of hydrogen-bond donors (Lipinski definition) is 1. The summed E-state index contributed by atoms with van der Waals surface area (Å²) in [4.78, 5) is 26.5. The molecule has 6 nitrogen and oxygen atoms in total. The Bertz CT molecular complexity index is 719. The number of amides is 2. The third kappa shape index (κ3) is 4.52. The van der Waals surface area contributed by atoms with Crippen LogP contribution in [0.1, 0.15) is 34.5 Å². The Morgan fingerprint density at radius 3 is 2.46 bits per heavy atom. The van der Waals surface area contributed by atoms with E-state index < -0.39 is 0 Å². The van der Waals surface area contributed by atoms with E-state index in [1.54, 1.807) is 25.4 Å². The van der Waals surface area contributed by atoms with Crippen molar-refractivity contribution in [2.45, 2.75) is 25.9 Å². The molecule has 1 aliphatic rings. The second-order valence-corrected chi connectivity index (χ2v) is 6.44. The van der Waals surface area contributed by atoms with Gasteiger partial charge in [0.1, 0.15) is 5.76 Å². The highest BCUT2D eigenvalue weighted by atomic mass is 16.5. The van der Waals surface area contributed by atoms with E-state index in [1.807, 2.05) is 29.2 Å². The van der Waals surface area contributed by atoms with Gasteiger partial charge in [-0.2, -0.15) is 0 Å². The Morgan fingerprint density at radius 2 is 1.85 bits per heavy atom. The lowest BCUT2D eigenvalue weighted by Gasteiger charge is -2.29. The van der Waals surface area contributed by atoms with Gasteiger partial charge >= 0.3 is 0 Å². The molecule has 1 saturated heterocycles. The fourth-order valence-electron chi connectivity index (χ4n) is 3.13. The van der Waals surface area contributed by atoms with Crippen molar-refractivity contribution in [1.29, 1.82) is 0 Å². The number of carbonyl (C=O) groups is 2. The molecule has 138 valence electrons. The van der Waals surface area contributed by atoms with Crippen molar-refractivity contribution in [1.82, 2.24) is 10.2 Å². The van der Waals surface area contributed by atoms with Crippen LogP contribution >= 0.6 is 0 Å². The maximum atomic E-state index is 13.0. The molecule has 0 unspecified atom stereocenters. The molecular formula is C20H24N2O4. The minimum Gasteiger partial charge on any atom is -0.467 e. The molecule has 2 amide bonds. The number of nitrogens with one attached hydrogen (secondary N) is 1. The van der Waals surface area contributed by atoms with Crippen molar-refractivity contribution in [3.05, 3.63) is 59.5 Å². The first-order valence-corrected chi connectivity index (χ1v) is 8.87. The summed E-state index contributed by atoms with van der Waals surface area (Å²) in [7, 11) is 1.61. The van der Waals surface area contributed by atoms with Gasteiger partial charge in [-0.05, 0) is 42.7 Å². The van der Waals surface area contributed by atoms with E-state index in [-0.39, 0.29) is 17.7 Å². The van der Waals surface area contributed by atoms with Crippen molar-refractivity contribution in [2.75, 3.05) is 20.3 Å². The Morgan fingerprint density at radius 1 is 1.12 bits per heavy atom. The van der Waals surface area contributed by atoms with Gasteiger partial charge in [0.15, 0.2) is 0 Å². The van der Waals surface area contributed by atoms with Crippen LogP contribution in [0.2, 0.25) is 0 Å². The molecule has 0 bridgehead atoms. The minimum atomic E-state index is -0.123. The number of rotatable bonds is 6. The van der Waals surface area contributed by atoms with E-state index in [9.17, 15) is 9.59 Å². The van der Waals surface area contributed by atoms with Gasteiger partial charge in [-0.15, -0.1) is 0 Å². The highest BCUT2D eigenvalue weighted by Gasteiger charge is 2.27. The Balaban J connectivity index is 1.74. The molecule has 6 heteroatoms. The first-order chi connectivity index (χ1) is 12.7. The lowest BCUT2D eigenvalue weighted by Crippen LogP contribution is -2.37. The first kappa shape index (κ1) is 18.2. The molecule has 0 saturated carbocycles. The van der Waals surface area contributed by atoms with Crippen molar-refractivity contribution in [2.24, 2.45) is 5.92 Å². The Kier molecular flexibility index (Phi) is 6.07. The van der Waals surface area contributed by atoms with Gasteiger partial charge in [-0.1, -0.05) is 12.1 Å². The molecule has 0 atom stereocenters. The average molecular weight is 356 g/mol. The summed E-state index contributed by atoms with van der Waals surface area (Å²) in [5, 5.41) is 2.60. The Labute approximate surface area is 153 Å². The summed E-state index contributed by atoms with van der Waals surface area (Å²) in [5.41, 5.74) is 1.58. The van der Waals surface area contributed by atoms with E-state index in [0.717, 1.165) is 24.2 Å². The largest absolute Gasteiger partial charge is 0.467 e. The predicted molar refractivity (Wildman–Crippen MR) is 96.3 cm³/mol. The molecule has 2 heterocycles. The van der Waals surface area contributed by atoms with Crippen LogP contribution in [0, 0.1) is 5.92 Å². The van der Waals surface area contributed by atoms with Crippen LogP contribution in [-0.4, -0.2) is 37.0 Å². The zero-order valence-electron chi connectivity index (χ0n) is 14.9. The number of nitrogens with zero attached hydrogens (tertiary/aromatic N) is 1. The van der Waals surface area contributed by atoms with E-state index in [4.69, 9.17) is 9.15 Å². The summed E-state index contributed by atoms with van der Waals surface area (Å²) in [6.45, 7) is 2.17. The van der Waals surface area contributed by atoms with Crippen LogP contribution in [0.4, 0.5) is 0 Å². The van der Waals surface area contributed by atoms with Gasteiger partial charge in [0.2, 0.25) is 5.91 Å². The monoisotopic (exact) mass is 356 g/mol. The zero-order chi connectivity index (χ0) is 18.4. The predicted octanol–water partition coefficient (Wildman–Crippen LogP) is 2.59. The number of ether oxygens (including phenoxy) is 1. The van der Waals surface area contributed by atoms with Crippen molar-refractivity contribution >= 4 is 11.8 Å². The summed E-state index contributed by atoms with van der Waals surface area (Å²) in [6, 6.07) is 11.0. The van der Waals surface area contributed by atoms with Crippen molar-refractivity contribution in [3.8, 4) is 0 Å². The zero-order valence-corrected chi connectivity index (χ0v) is 14.9. The molecule has 2 aromatic rings. The van der Waals surface area contributed by atoms with Gasteiger partial charge in [-0.3, -0.25) is 9.59 Å². The molecule has 1 aromatic carbocycles. The molecule has 0 spiro atoms. The number of furan rings is 1. The van der Waals surface area contributed by atoms with E-state index >= 15 is 0 Å². The maximum absolute atomic E-state index is 13.0. The smallest absolute Gasteiger partial charge is 0.251 e. The van der Waals surface area contributed by atoms with Crippen LogP contribution in [0.5, 0.6) is 0 Å². The van der Waals surface area contributed by atoms with Crippen LogP contribution < -0.4 is 5.32 Å². The van der Waals surface area contributed by atoms with Gasteiger partial charge in [-0.25, -0.2) is 0 Å². The summed E-state index contributed by atoms with van der Waals surface area (Å²) >= 11 is 0. The molecule has 0 aliphatic carbocycles. The van der Waals surface area contributed by atoms with Crippen molar-refractivity contribution < 1.29 is 18.7 Å². The fraction of sp³-hybridized carbons (Fsp3) is 0.400. The molecule has 3 rings (SSSR count). The number of benzene rings is 1. The number of carbonyl (C=O) groups excluding carboxylic acids is 2. The van der Waals surface area contributed by atoms with Gasteiger partial charge in [0, 0.05) is 38.3 Å². The quantitative estimate of drug-likeness (QED) is 0.864. The third-order valence-corrected chi connectivity index (χ3v) is 4.63. The van der Waals surface area contributed by atoms with E-state index in [1.165, 1.54) is 0 Å². The molecule has 1 N–H and O–H groups in total. The highest BCUT2D eigenvalue weighted by Crippen LogP contribution is 2.21. The minimum absolute atomic E-state index is 0.0103. The molecule has 1 aromatic heterocycles. The van der Waals surface area contributed by atoms with Crippen LogP contribution in [0.3, 0.4) is 0 Å². The van der Waals surface area contributed by atoms with Crippen LogP contribution in [-0.2, 0) is 22.6 Å². The lowest BCUT2D eigenvalue weighted by molar-refractivity contribution is -0.140. The molecule has 1 fully saturated rings. The topological polar surface area (TPSA) is 71.8 Å². The average Bonchev–Trinajstić information content (AvgIpc) is 3.20. The van der Waals surface area contributed by atoms with Gasteiger partial charge < -0.3 is 19.4 Å². The molecule has 1 aliphatic heterocycles. The van der Waals surface area contributed by atoms with Gasteiger partial charge in [0.25, 0.3) is 5.91 Å². The summed E-state index contributed by atoms with van der Waals surface area (Å²) < 4.78 is 10.8. The van der Waals surface area contributed by atoms with E-state index in [2.05, 4.69) is 5.32 Å². The Hall–Kier alpha value is -2.60. The van der Waals surface area contributed by atoms with E-state index in [0.29, 0.717) is 31.9 Å². The van der Waals surface area contributed by atoms with Gasteiger partial charge in [0.05, 0.1) is 12.8 Å². The maximum Gasteiger partial charge on any atom is 0.251 e. The molecule has 0 radical (unpaired) electrons. The second-order valence-electron chi connectivity index (χ2n) is 6.44. The normalized spacial score (nSPS) is 14.8. The molecular weight excluding hydrogens is 332 g/mol. The third-order valence-electron chi connectivity index (χ3n) is 4.63. The highest BCUT2D eigenvalue weighted by molar-refractivity contribution is 5.93. The van der Waals surface area contributed by atoms with Crippen LogP contribution in [0.25, 0.3) is 0 Å². The summed E-state index contributed by atoms with van der Waals surface area (Å²) in [6.07, 6.45) is 3.12. The molecule has 26 heavy (non-hydrogen) atoms. The summed E-state index contributed by atoms with van der Waals surface area (Å²) in [5.74, 6) is 0.749. The first-order valence-electron chi connectivity index (χ1n) is 8.87.